The number of aromatic nitrogens is 3. The zero-order valence-corrected chi connectivity index (χ0v) is 20.4. The third-order valence-corrected chi connectivity index (χ3v) is 6.91. The lowest BCUT2D eigenvalue weighted by molar-refractivity contribution is -0.113. The third kappa shape index (κ3) is 6.23. The molecule has 33 heavy (non-hydrogen) atoms. The van der Waals surface area contributed by atoms with Gasteiger partial charge in [-0.2, -0.15) is 0 Å². The molecule has 1 N–H and O–H groups in total. The number of benzene rings is 1. The number of ether oxygens (including phenoxy) is 2. The van der Waals surface area contributed by atoms with Gasteiger partial charge in [-0.15, -0.1) is 28.1 Å². The number of carbonyl (C=O) groups is 2. The predicted octanol–water partition coefficient (Wildman–Crippen LogP) is 4.20. The molecule has 0 bridgehead atoms. The van der Waals surface area contributed by atoms with Crippen LogP contribution in [0.15, 0.2) is 48.1 Å². The first-order valence-electron chi connectivity index (χ1n) is 10.3. The van der Waals surface area contributed by atoms with Gasteiger partial charge in [0.25, 0.3) is 0 Å². The molecule has 0 spiro atoms. The first-order chi connectivity index (χ1) is 16.0. The van der Waals surface area contributed by atoms with E-state index in [-0.39, 0.29) is 11.7 Å². The fraction of sp³-hybridized carbons (Fsp3) is 0.304. The number of aryl methyl sites for hydroxylation is 1. The van der Waals surface area contributed by atoms with Crippen molar-refractivity contribution in [2.24, 2.45) is 0 Å². The molecule has 10 heteroatoms. The van der Waals surface area contributed by atoms with E-state index in [1.54, 1.807) is 19.3 Å². The van der Waals surface area contributed by atoms with Crippen LogP contribution in [-0.2, 0) is 28.9 Å². The van der Waals surface area contributed by atoms with Gasteiger partial charge in [0, 0.05) is 17.8 Å². The summed E-state index contributed by atoms with van der Waals surface area (Å²) in [5, 5.41) is 12.5. The van der Waals surface area contributed by atoms with Crippen molar-refractivity contribution in [3.05, 3.63) is 64.8 Å². The number of hydrogen-bond donors (Lipinski definition) is 1. The van der Waals surface area contributed by atoms with Crippen LogP contribution in [-0.4, -0.2) is 46.6 Å². The zero-order chi connectivity index (χ0) is 23.8. The van der Waals surface area contributed by atoms with Crippen LogP contribution in [0.5, 0.6) is 5.75 Å². The van der Waals surface area contributed by atoms with Gasteiger partial charge in [0.15, 0.2) is 5.16 Å². The number of esters is 1. The monoisotopic (exact) mass is 486 g/mol. The quantitative estimate of drug-likeness (QED) is 0.246. The maximum atomic E-state index is 12.6. The Hall–Kier alpha value is -3.11. The van der Waals surface area contributed by atoms with Gasteiger partial charge in [0.2, 0.25) is 5.91 Å². The van der Waals surface area contributed by atoms with E-state index in [4.69, 9.17) is 9.47 Å². The van der Waals surface area contributed by atoms with Crippen LogP contribution >= 0.6 is 23.1 Å². The van der Waals surface area contributed by atoms with Gasteiger partial charge in [0.1, 0.15) is 16.6 Å². The number of hydrogen-bond acceptors (Lipinski definition) is 8. The van der Waals surface area contributed by atoms with Gasteiger partial charge >= 0.3 is 5.97 Å². The molecule has 0 unspecified atom stereocenters. The second-order valence-corrected chi connectivity index (χ2v) is 9.04. The minimum absolute atomic E-state index is 0.123. The van der Waals surface area contributed by atoms with Gasteiger partial charge in [-0.1, -0.05) is 36.9 Å². The highest BCUT2D eigenvalue weighted by Crippen LogP contribution is 2.30. The normalized spacial score (nSPS) is 10.6. The van der Waals surface area contributed by atoms with Crippen LogP contribution < -0.4 is 10.1 Å². The van der Waals surface area contributed by atoms with Crippen LogP contribution in [0.4, 0.5) is 5.00 Å². The number of allylic oxidation sites excluding steroid dienone is 1. The Morgan fingerprint density at radius 1 is 1.24 bits per heavy atom. The number of anilines is 1. The Labute approximate surface area is 201 Å². The summed E-state index contributed by atoms with van der Waals surface area (Å²) < 4.78 is 12.0. The molecule has 0 fully saturated rings. The molecule has 1 aromatic carbocycles. The summed E-state index contributed by atoms with van der Waals surface area (Å²) in [5.74, 6) is 0.988. The number of amides is 1. The van der Waals surface area contributed by atoms with Crippen molar-refractivity contribution in [2.75, 3.05) is 25.3 Å². The summed E-state index contributed by atoms with van der Waals surface area (Å²) in [6.07, 6.45) is 3.13. The first-order valence-corrected chi connectivity index (χ1v) is 12.1. The molecule has 2 aromatic heterocycles. The highest BCUT2D eigenvalue weighted by molar-refractivity contribution is 7.99. The SMILES string of the molecule is C=CCn1c(Cc2ccc(OC)cc2)nnc1SCC(=O)Nc1sc(CC)cc1C(=O)OC. The lowest BCUT2D eigenvalue weighted by Gasteiger charge is -2.09. The second-order valence-electron chi connectivity index (χ2n) is 6.96. The molecule has 1 amide bonds. The molecule has 3 rings (SSSR count). The van der Waals surface area contributed by atoms with Gasteiger partial charge in [0.05, 0.1) is 25.5 Å². The van der Waals surface area contributed by atoms with Gasteiger partial charge in [-0.05, 0) is 30.2 Å². The molecule has 0 aliphatic rings. The molecule has 174 valence electrons. The van der Waals surface area contributed by atoms with Crippen molar-refractivity contribution in [3.63, 3.8) is 0 Å². The summed E-state index contributed by atoms with van der Waals surface area (Å²) in [6.45, 7) is 6.34. The number of thioether (sulfide) groups is 1. The largest absolute Gasteiger partial charge is 0.497 e. The molecular formula is C23H26N4O4S2. The molecule has 0 aliphatic heterocycles. The fourth-order valence-electron chi connectivity index (χ4n) is 3.06. The summed E-state index contributed by atoms with van der Waals surface area (Å²) >= 11 is 2.66. The Bertz CT molecular complexity index is 1120. The number of nitrogens with one attached hydrogen (secondary N) is 1. The van der Waals surface area contributed by atoms with E-state index in [9.17, 15) is 9.59 Å². The minimum Gasteiger partial charge on any atom is -0.497 e. The Morgan fingerprint density at radius 3 is 2.64 bits per heavy atom. The summed E-state index contributed by atoms with van der Waals surface area (Å²) in [6, 6.07) is 9.53. The summed E-state index contributed by atoms with van der Waals surface area (Å²) in [7, 11) is 2.95. The van der Waals surface area contributed by atoms with Crippen molar-refractivity contribution < 1.29 is 19.1 Å². The van der Waals surface area contributed by atoms with Crippen molar-refractivity contribution in [1.82, 2.24) is 14.8 Å². The molecule has 3 aromatic rings. The van der Waals surface area contributed by atoms with Gasteiger partial charge < -0.3 is 19.4 Å². The smallest absolute Gasteiger partial charge is 0.340 e. The molecular weight excluding hydrogens is 460 g/mol. The van der Waals surface area contributed by atoms with Crippen LogP contribution in [0.2, 0.25) is 0 Å². The highest BCUT2D eigenvalue weighted by atomic mass is 32.2. The summed E-state index contributed by atoms with van der Waals surface area (Å²) in [5.41, 5.74) is 1.44. The van der Waals surface area contributed by atoms with Crippen molar-refractivity contribution in [3.8, 4) is 5.75 Å². The molecule has 0 aliphatic carbocycles. The number of methoxy groups -OCH3 is 2. The van der Waals surface area contributed by atoms with E-state index < -0.39 is 5.97 Å². The second kappa shape index (κ2) is 11.7. The molecule has 0 saturated heterocycles. The molecule has 0 radical (unpaired) electrons. The molecule has 8 nitrogen and oxygen atoms in total. The number of nitrogens with zero attached hydrogens (tertiary/aromatic N) is 3. The number of rotatable bonds is 11. The van der Waals surface area contributed by atoms with E-state index >= 15 is 0 Å². The first kappa shape index (κ1) is 24.5. The van der Waals surface area contributed by atoms with Crippen molar-refractivity contribution in [2.45, 2.75) is 31.5 Å². The average molecular weight is 487 g/mol. The highest BCUT2D eigenvalue weighted by Gasteiger charge is 2.19. The van der Waals surface area contributed by atoms with Crippen LogP contribution in [0.25, 0.3) is 0 Å². The average Bonchev–Trinajstić information content (AvgIpc) is 3.41. The zero-order valence-electron chi connectivity index (χ0n) is 18.8. The van der Waals surface area contributed by atoms with Gasteiger partial charge in [-0.25, -0.2) is 4.79 Å². The fourth-order valence-corrected chi connectivity index (χ4v) is 4.83. The Kier molecular flexibility index (Phi) is 8.67. The van der Waals surface area contributed by atoms with E-state index in [0.29, 0.717) is 28.7 Å². The van der Waals surface area contributed by atoms with E-state index in [0.717, 1.165) is 28.4 Å². The van der Waals surface area contributed by atoms with Crippen molar-refractivity contribution >= 4 is 40.0 Å². The third-order valence-electron chi connectivity index (χ3n) is 4.75. The van der Waals surface area contributed by atoms with Crippen LogP contribution in [0.3, 0.4) is 0 Å². The number of thiophene rings is 1. The maximum Gasteiger partial charge on any atom is 0.340 e. The van der Waals surface area contributed by atoms with Gasteiger partial charge in [-0.3, -0.25) is 4.79 Å². The lowest BCUT2D eigenvalue weighted by Crippen LogP contribution is -2.16. The topological polar surface area (TPSA) is 95.3 Å². The van der Waals surface area contributed by atoms with E-state index in [2.05, 4.69) is 22.1 Å². The molecule has 0 saturated carbocycles. The minimum atomic E-state index is -0.470. The van der Waals surface area contributed by atoms with Crippen LogP contribution in [0.1, 0.15) is 33.5 Å². The predicted molar refractivity (Wildman–Crippen MR) is 130 cm³/mol. The molecule has 0 atom stereocenters. The standard InChI is InChI=1S/C23H26N4O4S2/c1-5-11-27-19(12-15-7-9-16(30-3)10-8-15)25-26-23(27)32-14-20(28)24-21-18(22(29)31-4)13-17(6-2)33-21/h5,7-10,13H,1,6,11-12,14H2,2-4H3,(H,24,28). The maximum absolute atomic E-state index is 12.6. The molecule has 2 heterocycles. The Morgan fingerprint density at radius 2 is 2.00 bits per heavy atom. The van der Waals surface area contributed by atoms with Crippen molar-refractivity contribution in [1.29, 1.82) is 0 Å². The summed E-state index contributed by atoms with van der Waals surface area (Å²) in [4.78, 5) is 25.6. The van der Waals surface area contributed by atoms with E-state index in [1.807, 2.05) is 35.8 Å². The number of carbonyl (C=O) groups excluding carboxylic acids is 2. The van der Waals surface area contributed by atoms with Crippen LogP contribution in [0, 0.1) is 0 Å². The Balaban J connectivity index is 1.68. The van der Waals surface area contributed by atoms with E-state index in [1.165, 1.54) is 30.2 Å². The lowest BCUT2D eigenvalue weighted by atomic mass is 10.1.